The standard InChI is InChI=1S/C16H22N4O/c1-5-14-18-15(17)11(2)16(19-14)20(3)10-12-6-8-13(21-4)9-7-12/h6-9H,5,10H2,1-4H3,(H2,17,18,19). The number of nitrogens with zero attached hydrogens (tertiary/aromatic N) is 3. The largest absolute Gasteiger partial charge is 0.497 e. The predicted molar refractivity (Wildman–Crippen MR) is 85.7 cm³/mol. The Labute approximate surface area is 125 Å². The molecule has 112 valence electrons. The number of benzene rings is 1. The Morgan fingerprint density at radius 2 is 1.86 bits per heavy atom. The van der Waals surface area contributed by atoms with Crippen LogP contribution in [0.25, 0.3) is 0 Å². The van der Waals surface area contributed by atoms with Crippen molar-refractivity contribution in [3.63, 3.8) is 0 Å². The Morgan fingerprint density at radius 1 is 1.19 bits per heavy atom. The molecular weight excluding hydrogens is 264 g/mol. The Kier molecular flexibility index (Phi) is 4.62. The van der Waals surface area contributed by atoms with Gasteiger partial charge in [0.25, 0.3) is 0 Å². The summed E-state index contributed by atoms with van der Waals surface area (Å²) in [7, 11) is 3.68. The van der Waals surface area contributed by atoms with Gasteiger partial charge in [0.1, 0.15) is 23.2 Å². The molecule has 0 aliphatic heterocycles. The maximum absolute atomic E-state index is 5.97. The van der Waals surface area contributed by atoms with Gasteiger partial charge in [-0.05, 0) is 24.6 Å². The molecule has 0 atom stereocenters. The number of hydrogen-bond donors (Lipinski definition) is 1. The molecule has 0 spiro atoms. The van der Waals surface area contributed by atoms with Crippen molar-refractivity contribution in [2.75, 3.05) is 24.8 Å². The van der Waals surface area contributed by atoms with Crippen LogP contribution >= 0.6 is 0 Å². The number of hydrogen-bond acceptors (Lipinski definition) is 5. The number of ether oxygens (including phenoxy) is 1. The zero-order valence-electron chi connectivity index (χ0n) is 13.1. The highest BCUT2D eigenvalue weighted by molar-refractivity contribution is 5.56. The summed E-state index contributed by atoms with van der Waals surface area (Å²) in [6, 6.07) is 8.02. The van der Waals surface area contributed by atoms with Gasteiger partial charge in [-0.1, -0.05) is 19.1 Å². The number of anilines is 2. The molecule has 0 aliphatic carbocycles. The fourth-order valence-electron chi connectivity index (χ4n) is 2.18. The van der Waals surface area contributed by atoms with E-state index in [1.807, 2.05) is 33.0 Å². The molecule has 0 bridgehead atoms. The van der Waals surface area contributed by atoms with Crippen LogP contribution in [0.3, 0.4) is 0 Å². The second-order valence-corrected chi connectivity index (χ2v) is 5.03. The van der Waals surface area contributed by atoms with Crippen LogP contribution < -0.4 is 15.4 Å². The van der Waals surface area contributed by atoms with Gasteiger partial charge in [0.15, 0.2) is 0 Å². The molecule has 2 aromatic rings. The molecule has 0 aliphatic rings. The van der Waals surface area contributed by atoms with Crippen LogP contribution in [0.2, 0.25) is 0 Å². The van der Waals surface area contributed by atoms with Crippen molar-refractivity contribution in [2.24, 2.45) is 0 Å². The molecule has 0 radical (unpaired) electrons. The van der Waals surface area contributed by atoms with E-state index in [0.717, 1.165) is 35.9 Å². The van der Waals surface area contributed by atoms with Crippen molar-refractivity contribution in [3.8, 4) is 5.75 Å². The maximum atomic E-state index is 5.97. The maximum Gasteiger partial charge on any atom is 0.137 e. The van der Waals surface area contributed by atoms with Gasteiger partial charge in [0.05, 0.1) is 7.11 Å². The summed E-state index contributed by atoms with van der Waals surface area (Å²) < 4.78 is 5.17. The lowest BCUT2D eigenvalue weighted by atomic mass is 10.2. The molecule has 0 fully saturated rings. The molecule has 2 N–H and O–H groups in total. The van der Waals surface area contributed by atoms with E-state index in [1.54, 1.807) is 7.11 Å². The fraction of sp³-hybridized carbons (Fsp3) is 0.375. The minimum atomic E-state index is 0.554. The van der Waals surface area contributed by atoms with Gasteiger partial charge in [-0.25, -0.2) is 9.97 Å². The van der Waals surface area contributed by atoms with E-state index in [-0.39, 0.29) is 0 Å². The molecular formula is C16H22N4O. The second-order valence-electron chi connectivity index (χ2n) is 5.03. The molecule has 5 heteroatoms. The Hall–Kier alpha value is -2.30. The van der Waals surface area contributed by atoms with Crippen LogP contribution in [-0.4, -0.2) is 24.1 Å². The van der Waals surface area contributed by atoms with Gasteiger partial charge in [-0.15, -0.1) is 0 Å². The Balaban J connectivity index is 2.22. The van der Waals surface area contributed by atoms with E-state index >= 15 is 0 Å². The second kappa shape index (κ2) is 6.43. The van der Waals surface area contributed by atoms with Gasteiger partial charge in [0.2, 0.25) is 0 Å². The first kappa shape index (κ1) is 15.1. The number of nitrogen functional groups attached to an aromatic ring is 1. The first-order valence-electron chi connectivity index (χ1n) is 7.02. The fourth-order valence-corrected chi connectivity index (χ4v) is 2.18. The first-order chi connectivity index (χ1) is 10.0. The van der Waals surface area contributed by atoms with Crippen LogP contribution in [0.5, 0.6) is 5.75 Å². The highest BCUT2D eigenvalue weighted by Gasteiger charge is 2.12. The third kappa shape index (κ3) is 3.42. The SMILES string of the molecule is CCc1nc(N)c(C)c(N(C)Cc2ccc(OC)cc2)n1. The topological polar surface area (TPSA) is 64.3 Å². The van der Waals surface area contributed by atoms with Crippen molar-refractivity contribution in [2.45, 2.75) is 26.8 Å². The van der Waals surface area contributed by atoms with Gasteiger partial charge < -0.3 is 15.4 Å². The normalized spacial score (nSPS) is 10.5. The van der Waals surface area contributed by atoms with Crippen LogP contribution in [0, 0.1) is 6.92 Å². The quantitative estimate of drug-likeness (QED) is 0.915. The Bertz CT molecular complexity index is 610. The van der Waals surface area contributed by atoms with E-state index in [0.29, 0.717) is 5.82 Å². The number of nitrogens with two attached hydrogens (primary N) is 1. The van der Waals surface area contributed by atoms with Crippen LogP contribution in [0.1, 0.15) is 23.9 Å². The monoisotopic (exact) mass is 286 g/mol. The van der Waals surface area contributed by atoms with Crippen molar-refractivity contribution in [1.82, 2.24) is 9.97 Å². The smallest absolute Gasteiger partial charge is 0.137 e. The molecule has 1 aromatic heterocycles. The van der Waals surface area contributed by atoms with Crippen molar-refractivity contribution >= 4 is 11.6 Å². The molecule has 0 saturated heterocycles. The summed E-state index contributed by atoms with van der Waals surface area (Å²) in [6.45, 7) is 4.73. The van der Waals surface area contributed by atoms with Crippen LogP contribution in [0.4, 0.5) is 11.6 Å². The zero-order valence-corrected chi connectivity index (χ0v) is 13.1. The molecule has 5 nitrogen and oxygen atoms in total. The van der Waals surface area contributed by atoms with Crippen LogP contribution in [-0.2, 0) is 13.0 Å². The number of methoxy groups -OCH3 is 1. The molecule has 1 aromatic carbocycles. The molecule has 21 heavy (non-hydrogen) atoms. The number of aromatic nitrogens is 2. The predicted octanol–water partition coefficient (Wildman–Crippen LogP) is 2.57. The van der Waals surface area contributed by atoms with Gasteiger partial charge in [-0.2, -0.15) is 0 Å². The summed E-state index contributed by atoms with van der Waals surface area (Å²) in [5.41, 5.74) is 8.08. The Morgan fingerprint density at radius 3 is 2.43 bits per heavy atom. The highest BCUT2D eigenvalue weighted by Crippen LogP contribution is 2.22. The van der Waals surface area contributed by atoms with E-state index < -0.39 is 0 Å². The summed E-state index contributed by atoms with van der Waals surface area (Å²) >= 11 is 0. The van der Waals surface area contributed by atoms with Crippen LogP contribution in [0.15, 0.2) is 24.3 Å². The summed E-state index contributed by atoms with van der Waals surface area (Å²) in [4.78, 5) is 11.0. The average Bonchev–Trinajstić information content (AvgIpc) is 2.50. The molecule has 0 saturated carbocycles. The minimum absolute atomic E-state index is 0.554. The zero-order chi connectivity index (χ0) is 15.4. The third-order valence-electron chi connectivity index (χ3n) is 3.46. The van der Waals surface area contributed by atoms with Crippen molar-refractivity contribution in [3.05, 3.63) is 41.2 Å². The third-order valence-corrected chi connectivity index (χ3v) is 3.46. The van der Waals surface area contributed by atoms with Gasteiger partial charge in [-0.3, -0.25) is 0 Å². The molecule has 1 heterocycles. The highest BCUT2D eigenvalue weighted by atomic mass is 16.5. The van der Waals surface area contributed by atoms with Gasteiger partial charge in [0, 0.05) is 25.6 Å². The molecule has 0 unspecified atom stereocenters. The average molecular weight is 286 g/mol. The number of rotatable bonds is 5. The van der Waals surface area contributed by atoms with E-state index in [9.17, 15) is 0 Å². The lowest BCUT2D eigenvalue weighted by Crippen LogP contribution is -2.20. The summed E-state index contributed by atoms with van der Waals surface area (Å²) in [5, 5.41) is 0. The van der Waals surface area contributed by atoms with Gasteiger partial charge >= 0.3 is 0 Å². The minimum Gasteiger partial charge on any atom is -0.497 e. The van der Waals surface area contributed by atoms with E-state index in [1.165, 1.54) is 5.56 Å². The van der Waals surface area contributed by atoms with E-state index in [4.69, 9.17) is 10.5 Å². The molecule has 0 amide bonds. The lowest BCUT2D eigenvalue weighted by Gasteiger charge is -2.21. The van der Waals surface area contributed by atoms with Crippen molar-refractivity contribution < 1.29 is 4.74 Å². The number of aryl methyl sites for hydroxylation is 1. The first-order valence-corrected chi connectivity index (χ1v) is 7.02. The summed E-state index contributed by atoms with van der Waals surface area (Å²) in [5.74, 6) is 3.07. The van der Waals surface area contributed by atoms with E-state index in [2.05, 4.69) is 27.0 Å². The lowest BCUT2D eigenvalue weighted by molar-refractivity contribution is 0.414. The molecule has 2 rings (SSSR count). The summed E-state index contributed by atoms with van der Waals surface area (Å²) in [6.07, 6.45) is 0.772. The van der Waals surface area contributed by atoms with Crippen molar-refractivity contribution in [1.29, 1.82) is 0 Å².